The second-order valence-electron chi connectivity index (χ2n) is 5.77. The zero-order chi connectivity index (χ0) is 15.6. The Hall–Kier alpha value is -2.93. The van der Waals surface area contributed by atoms with E-state index in [9.17, 15) is 4.79 Å². The van der Waals surface area contributed by atoms with Gasteiger partial charge in [-0.1, -0.05) is 84.9 Å². The van der Waals surface area contributed by atoms with E-state index in [1.165, 1.54) is 0 Å². The van der Waals surface area contributed by atoms with Crippen molar-refractivity contribution in [3.63, 3.8) is 0 Å². The Labute approximate surface area is 135 Å². The van der Waals surface area contributed by atoms with Crippen LogP contribution in [-0.4, -0.2) is 5.78 Å². The highest BCUT2D eigenvalue weighted by Crippen LogP contribution is 2.42. The van der Waals surface area contributed by atoms with Crippen molar-refractivity contribution in [2.45, 2.75) is 5.92 Å². The summed E-state index contributed by atoms with van der Waals surface area (Å²) in [6, 6.07) is 28.2. The molecular formula is C22H16O. The summed E-state index contributed by atoms with van der Waals surface area (Å²) in [6.07, 6.45) is 2.03. The lowest BCUT2D eigenvalue weighted by Gasteiger charge is -2.13. The van der Waals surface area contributed by atoms with Gasteiger partial charge >= 0.3 is 0 Å². The predicted molar refractivity (Wildman–Crippen MR) is 93.5 cm³/mol. The molecule has 1 aliphatic rings. The molecular weight excluding hydrogens is 280 g/mol. The first-order valence-electron chi connectivity index (χ1n) is 7.80. The van der Waals surface area contributed by atoms with Gasteiger partial charge in [-0.2, -0.15) is 0 Å². The van der Waals surface area contributed by atoms with Crippen LogP contribution in [0, 0.1) is 0 Å². The second-order valence-corrected chi connectivity index (χ2v) is 5.77. The number of Topliss-reactive ketones (excluding diaryl/α,β-unsaturated/α-hetero) is 1. The average molecular weight is 296 g/mol. The number of carbonyl (C=O) groups excluding carboxylic acids is 1. The van der Waals surface area contributed by atoms with Crippen molar-refractivity contribution < 1.29 is 4.79 Å². The minimum absolute atomic E-state index is 0.0140. The molecule has 23 heavy (non-hydrogen) atoms. The molecule has 4 rings (SSSR count). The molecule has 1 heteroatoms. The number of hydrogen-bond donors (Lipinski definition) is 0. The Balaban J connectivity index is 1.91. The lowest BCUT2D eigenvalue weighted by atomic mass is 9.89. The summed E-state index contributed by atoms with van der Waals surface area (Å²) < 4.78 is 0. The van der Waals surface area contributed by atoms with E-state index in [-0.39, 0.29) is 11.7 Å². The Morgan fingerprint density at radius 3 is 2.04 bits per heavy atom. The Morgan fingerprint density at radius 2 is 1.30 bits per heavy atom. The molecule has 1 nitrogen and oxygen atoms in total. The molecule has 0 aromatic heterocycles. The fourth-order valence-corrected chi connectivity index (χ4v) is 3.29. The van der Waals surface area contributed by atoms with Crippen LogP contribution in [-0.2, 0) is 0 Å². The van der Waals surface area contributed by atoms with Gasteiger partial charge in [0, 0.05) is 17.1 Å². The van der Waals surface area contributed by atoms with Gasteiger partial charge in [0.2, 0.25) is 0 Å². The second kappa shape index (κ2) is 5.69. The average Bonchev–Trinajstić information content (AvgIpc) is 2.89. The van der Waals surface area contributed by atoms with Crippen LogP contribution >= 0.6 is 0 Å². The van der Waals surface area contributed by atoms with Crippen molar-refractivity contribution in [1.29, 1.82) is 0 Å². The third-order valence-electron chi connectivity index (χ3n) is 4.34. The van der Waals surface area contributed by atoms with E-state index in [0.29, 0.717) is 0 Å². The molecule has 1 atom stereocenters. The van der Waals surface area contributed by atoms with Gasteiger partial charge in [-0.25, -0.2) is 0 Å². The van der Waals surface area contributed by atoms with Gasteiger partial charge in [0.15, 0.2) is 5.78 Å². The number of carbonyl (C=O) groups is 1. The van der Waals surface area contributed by atoms with E-state index < -0.39 is 0 Å². The summed E-state index contributed by atoms with van der Waals surface area (Å²) in [7, 11) is 0. The molecule has 0 N–H and O–H groups in total. The summed E-state index contributed by atoms with van der Waals surface area (Å²) in [4.78, 5) is 12.9. The maximum atomic E-state index is 12.9. The zero-order valence-corrected chi connectivity index (χ0v) is 12.6. The van der Waals surface area contributed by atoms with Gasteiger partial charge in [0.1, 0.15) is 0 Å². The highest BCUT2D eigenvalue weighted by molar-refractivity contribution is 6.17. The van der Waals surface area contributed by atoms with Crippen LogP contribution in [0.25, 0.3) is 6.08 Å². The molecule has 110 valence electrons. The third-order valence-corrected chi connectivity index (χ3v) is 4.34. The summed E-state index contributed by atoms with van der Waals surface area (Å²) >= 11 is 0. The van der Waals surface area contributed by atoms with Crippen LogP contribution in [0.3, 0.4) is 0 Å². The van der Waals surface area contributed by atoms with Crippen molar-refractivity contribution in [1.82, 2.24) is 0 Å². The molecule has 1 unspecified atom stereocenters. The van der Waals surface area contributed by atoms with E-state index in [4.69, 9.17) is 0 Å². The van der Waals surface area contributed by atoms with Gasteiger partial charge in [0.05, 0.1) is 0 Å². The number of benzene rings is 3. The van der Waals surface area contributed by atoms with Gasteiger partial charge in [-0.15, -0.1) is 0 Å². The fourth-order valence-electron chi connectivity index (χ4n) is 3.29. The number of allylic oxidation sites excluding steroid dienone is 1. The van der Waals surface area contributed by atoms with Crippen molar-refractivity contribution in [3.8, 4) is 0 Å². The Morgan fingerprint density at radius 1 is 0.696 bits per heavy atom. The van der Waals surface area contributed by atoms with E-state index in [2.05, 4.69) is 18.2 Å². The maximum Gasteiger partial charge on any atom is 0.190 e. The van der Waals surface area contributed by atoms with Crippen molar-refractivity contribution in [2.24, 2.45) is 0 Å². The number of fused-ring (bicyclic) bond motifs is 1. The maximum absolute atomic E-state index is 12.9. The molecule has 0 saturated heterocycles. The van der Waals surface area contributed by atoms with Crippen LogP contribution in [0.5, 0.6) is 0 Å². The smallest absolute Gasteiger partial charge is 0.190 e. The van der Waals surface area contributed by atoms with Crippen LogP contribution in [0.15, 0.2) is 90.5 Å². The number of ketones is 1. The molecule has 0 heterocycles. The van der Waals surface area contributed by atoms with Gasteiger partial charge in [-0.3, -0.25) is 4.79 Å². The van der Waals surface area contributed by atoms with Crippen LogP contribution in [0.1, 0.15) is 33.0 Å². The summed E-state index contributed by atoms with van der Waals surface area (Å²) in [5.74, 6) is 0.151. The predicted octanol–water partition coefficient (Wildman–Crippen LogP) is 5.10. The first-order valence-corrected chi connectivity index (χ1v) is 7.80. The molecule has 1 aliphatic carbocycles. The molecule has 0 fully saturated rings. The Bertz CT molecular complexity index is 876. The highest BCUT2D eigenvalue weighted by Gasteiger charge is 2.34. The molecule has 0 saturated carbocycles. The highest BCUT2D eigenvalue weighted by atomic mass is 16.1. The first-order chi connectivity index (χ1) is 11.3. The number of hydrogen-bond acceptors (Lipinski definition) is 1. The van der Waals surface area contributed by atoms with E-state index >= 15 is 0 Å². The molecule has 0 amide bonds. The van der Waals surface area contributed by atoms with Crippen LogP contribution < -0.4 is 0 Å². The number of rotatable bonds is 2. The minimum Gasteiger partial charge on any atom is -0.289 e. The quantitative estimate of drug-likeness (QED) is 0.601. The minimum atomic E-state index is 0.0140. The lowest BCUT2D eigenvalue weighted by Crippen LogP contribution is -2.02. The molecule has 0 spiro atoms. The fraction of sp³-hybridized carbons (Fsp3) is 0.0455. The van der Waals surface area contributed by atoms with Crippen LogP contribution in [0.4, 0.5) is 0 Å². The Kier molecular flexibility index (Phi) is 3.39. The van der Waals surface area contributed by atoms with E-state index in [1.807, 2.05) is 72.8 Å². The first kappa shape index (κ1) is 13.7. The normalized spacial score (nSPS) is 18.2. The largest absolute Gasteiger partial charge is 0.289 e. The van der Waals surface area contributed by atoms with Gasteiger partial charge in [-0.05, 0) is 22.8 Å². The van der Waals surface area contributed by atoms with Crippen molar-refractivity contribution in [3.05, 3.63) is 113 Å². The summed E-state index contributed by atoms with van der Waals surface area (Å²) in [5, 5.41) is 0. The van der Waals surface area contributed by atoms with Crippen molar-refractivity contribution in [2.75, 3.05) is 0 Å². The summed E-state index contributed by atoms with van der Waals surface area (Å²) in [6.45, 7) is 0. The van der Waals surface area contributed by atoms with Crippen molar-refractivity contribution >= 4 is 11.9 Å². The monoisotopic (exact) mass is 296 g/mol. The molecule has 0 aliphatic heterocycles. The zero-order valence-electron chi connectivity index (χ0n) is 12.6. The van der Waals surface area contributed by atoms with E-state index in [0.717, 1.165) is 27.8 Å². The standard InChI is InChI=1S/C22H16O/c23-22-19-14-8-7-13-18(19)21(17-11-5-2-6-12-17)20(22)15-16-9-3-1-4-10-16/h1-15,21H/b20-15-. The topological polar surface area (TPSA) is 17.1 Å². The molecule has 3 aromatic rings. The molecule has 0 bridgehead atoms. The molecule has 3 aromatic carbocycles. The third kappa shape index (κ3) is 2.40. The SMILES string of the molecule is O=C1/C(=C\c2ccccc2)C(c2ccccc2)c2ccccc21. The lowest BCUT2D eigenvalue weighted by molar-refractivity contribution is 0.103. The van der Waals surface area contributed by atoms with E-state index in [1.54, 1.807) is 0 Å². The van der Waals surface area contributed by atoms with Gasteiger partial charge in [0.25, 0.3) is 0 Å². The summed E-state index contributed by atoms with van der Waals surface area (Å²) in [5.41, 5.74) is 5.00. The molecule has 0 radical (unpaired) electrons. The van der Waals surface area contributed by atoms with Gasteiger partial charge < -0.3 is 0 Å². The van der Waals surface area contributed by atoms with Crippen LogP contribution in [0.2, 0.25) is 0 Å².